The minimum Gasteiger partial charge on any atom is -0.390 e. The van der Waals surface area contributed by atoms with Gasteiger partial charge in [-0.05, 0) is 136 Å². The topological polar surface area (TPSA) is 175 Å². The average molecular weight is 941 g/mol. The quantitative estimate of drug-likeness (QED) is 0.243. The number of rotatable bonds is 6. The van der Waals surface area contributed by atoms with Crippen molar-refractivity contribution >= 4 is 23.1 Å². The summed E-state index contributed by atoms with van der Waals surface area (Å²) in [5.41, 5.74) is -9.04. The van der Waals surface area contributed by atoms with Crippen LogP contribution in [-0.4, -0.2) is 117 Å². The largest absolute Gasteiger partial charge is 0.390 e. The molecule has 16 atom stereocenters. The molecule has 0 amide bonds. The van der Waals surface area contributed by atoms with Crippen molar-refractivity contribution in [1.29, 1.82) is 0 Å². The van der Waals surface area contributed by atoms with Gasteiger partial charge in [-0.3, -0.25) is 19.2 Å². The van der Waals surface area contributed by atoms with E-state index in [0.717, 1.165) is 11.1 Å². The smallest absolute Gasteiger partial charge is 0.193 e. The molecular formula is C53H74F2O12. The van der Waals surface area contributed by atoms with E-state index in [2.05, 4.69) is 13.8 Å². The van der Waals surface area contributed by atoms with Gasteiger partial charge in [0, 0.05) is 40.1 Å². The van der Waals surface area contributed by atoms with Crippen molar-refractivity contribution in [3.63, 3.8) is 0 Å². The summed E-state index contributed by atoms with van der Waals surface area (Å²) in [6.07, 6.45) is 9.63. The first kappa shape index (κ1) is 50.6. The number of halogens is 2. The number of hydrogen-bond acceptors (Lipinski definition) is 12. The number of allylic oxidation sites excluding steroid dienone is 8. The summed E-state index contributed by atoms with van der Waals surface area (Å²) in [6, 6.07) is 0. The molecule has 12 nitrogen and oxygen atoms in total. The van der Waals surface area contributed by atoms with Gasteiger partial charge in [0.1, 0.15) is 13.2 Å². The predicted octanol–water partition coefficient (Wildman–Crippen LogP) is 7.30. The average Bonchev–Trinajstić information content (AvgIpc) is 3.86. The zero-order chi connectivity index (χ0) is 49.3. The fraction of sp³-hybridized carbons (Fsp3) is 0.774. The van der Waals surface area contributed by atoms with Gasteiger partial charge in [-0.15, -0.1) is 0 Å². The highest BCUT2D eigenvalue weighted by molar-refractivity contribution is 6.02. The fourth-order valence-corrected chi connectivity index (χ4v) is 16.0. The zero-order valence-corrected chi connectivity index (χ0v) is 41.3. The lowest BCUT2D eigenvalue weighted by atomic mass is 9.44. The molecule has 14 heteroatoms. The van der Waals surface area contributed by atoms with E-state index in [1.54, 1.807) is 53.7 Å². The summed E-state index contributed by atoms with van der Waals surface area (Å²) in [6.45, 7) is 20.1. The number of Topliss-reactive ketones (excluding diaryl/α,β-unsaturated/α-hetero) is 2. The summed E-state index contributed by atoms with van der Waals surface area (Å²) < 4.78 is 65.0. The molecule has 8 fully saturated rings. The SMILES string of the molecule is CC1(C)O[C@@H]2C[C@H]3[C@@H]4CCC5=CC(=O)C=C[C@]5(C)[C@@]4(F)[C@@H](O)C[C@]3(C)[C@]2(C(=O)CO)O1.CCC.CCOCC(=O)[C@@]12OC(C)(C)O[C@@H]1C[C@H]1[C@@H]3CCC4=CC(=O)C=C[C@]4(C)[C@@]3(F)[C@@H](O)C[C@@]12C. The molecule has 67 heavy (non-hydrogen) atoms. The van der Waals surface area contributed by atoms with Crippen LogP contribution in [0.5, 0.6) is 0 Å². The lowest BCUT2D eigenvalue weighted by molar-refractivity contribution is -0.246. The number of carbonyl (C=O) groups is 4. The van der Waals surface area contributed by atoms with E-state index in [1.165, 1.54) is 30.7 Å². The Morgan fingerprint density at radius 3 is 1.43 bits per heavy atom. The molecule has 0 aromatic carbocycles. The normalized spacial score (nSPS) is 48.8. The number of aliphatic hydroxyl groups excluding tert-OH is 3. The van der Waals surface area contributed by atoms with Gasteiger partial charge in [0.05, 0.1) is 24.4 Å². The number of fused-ring (bicyclic) bond motifs is 14. The first-order valence-electron chi connectivity index (χ1n) is 24.8. The Bertz CT molecular complexity index is 2200. The minimum atomic E-state index is -1.98. The Hall–Kier alpha value is -2.82. The summed E-state index contributed by atoms with van der Waals surface area (Å²) in [7, 11) is 0. The molecular weight excluding hydrogens is 867 g/mol. The van der Waals surface area contributed by atoms with Crippen molar-refractivity contribution in [2.45, 2.75) is 192 Å². The van der Waals surface area contributed by atoms with Gasteiger partial charge in [-0.2, -0.15) is 0 Å². The molecule has 0 spiro atoms. The van der Waals surface area contributed by atoms with Gasteiger partial charge in [0.25, 0.3) is 0 Å². The van der Waals surface area contributed by atoms with Crippen LogP contribution >= 0.6 is 0 Å². The number of ether oxygens (including phenoxy) is 5. The lowest BCUT2D eigenvalue weighted by Gasteiger charge is -2.62. The van der Waals surface area contributed by atoms with Crippen LogP contribution in [0.4, 0.5) is 8.78 Å². The second-order valence-electron chi connectivity index (χ2n) is 23.0. The summed E-state index contributed by atoms with van der Waals surface area (Å²) in [4.78, 5) is 50.8. The highest BCUT2D eigenvalue weighted by Crippen LogP contribution is 2.74. The van der Waals surface area contributed by atoms with Gasteiger partial charge < -0.3 is 39.0 Å². The molecule has 0 radical (unpaired) electrons. The van der Waals surface area contributed by atoms with Crippen LogP contribution in [0.1, 0.15) is 134 Å². The van der Waals surface area contributed by atoms with E-state index in [4.69, 9.17) is 23.7 Å². The van der Waals surface area contributed by atoms with E-state index in [0.29, 0.717) is 45.1 Å². The van der Waals surface area contributed by atoms with Gasteiger partial charge >= 0.3 is 0 Å². The maximum Gasteiger partial charge on any atom is 0.193 e. The Morgan fingerprint density at radius 2 is 1.06 bits per heavy atom. The van der Waals surface area contributed by atoms with Crippen LogP contribution in [0.25, 0.3) is 0 Å². The highest BCUT2D eigenvalue weighted by Gasteiger charge is 2.82. The van der Waals surface area contributed by atoms with Crippen molar-refractivity contribution in [3.05, 3.63) is 47.6 Å². The molecule has 2 aliphatic heterocycles. The maximum absolute atomic E-state index is 17.3. The fourth-order valence-electron chi connectivity index (χ4n) is 16.0. The molecule has 10 rings (SSSR count). The van der Waals surface area contributed by atoms with E-state index in [9.17, 15) is 34.5 Å². The Morgan fingerprint density at radius 1 is 0.672 bits per heavy atom. The molecule has 8 aliphatic carbocycles. The Labute approximate surface area is 394 Å². The van der Waals surface area contributed by atoms with Crippen LogP contribution in [0, 0.1) is 45.3 Å². The van der Waals surface area contributed by atoms with Crippen LogP contribution in [0.15, 0.2) is 47.6 Å². The Balaban J connectivity index is 0.000000172. The van der Waals surface area contributed by atoms with E-state index >= 15 is 8.78 Å². The Kier molecular flexibility index (Phi) is 12.3. The molecule has 0 aromatic heterocycles. The maximum atomic E-state index is 17.3. The standard InChI is InChI=1S/C26H35FO6.C24H31FO6.C3H8/c1-6-31-14-20(30)26-21(32-22(2,3)33-26)12-18-17-8-7-15-11-16(28)9-10-23(15,4)25(17,27)19(29)13-24(18,26)5;1-20(2)30-19-10-16-15-6-5-13-9-14(27)7-8-21(13,3)23(15,25)17(28)11-22(16,4)24(19,31-20)18(29)12-26;1-3-2/h9-11,17-19,21,29H,6-8,12-14H2,1-5H3;7-9,15-17,19,26,28H,5-6,10-12H2,1-4H3;3H2,1-2H3/t17-,18-,19-,21+,23-,24-,25-,26+;15-,16-,17-,19+,21-,22-,23-,24+;/m00./s1. The van der Waals surface area contributed by atoms with Crippen molar-refractivity contribution < 1.29 is 67.0 Å². The third-order valence-electron chi connectivity index (χ3n) is 18.7. The van der Waals surface area contributed by atoms with E-state index in [-0.39, 0.29) is 48.6 Å². The summed E-state index contributed by atoms with van der Waals surface area (Å²) in [5.74, 6) is -4.47. The second kappa shape index (κ2) is 16.4. The van der Waals surface area contributed by atoms with Crippen LogP contribution in [0.3, 0.4) is 0 Å². The molecule has 6 saturated carbocycles. The monoisotopic (exact) mass is 941 g/mol. The number of hydrogen-bond donors (Lipinski definition) is 3. The number of ketones is 4. The summed E-state index contributed by atoms with van der Waals surface area (Å²) >= 11 is 0. The molecule has 3 N–H and O–H groups in total. The summed E-state index contributed by atoms with van der Waals surface area (Å²) in [5, 5.41) is 32.7. The van der Waals surface area contributed by atoms with Crippen molar-refractivity contribution in [2.75, 3.05) is 19.8 Å². The van der Waals surface area contributed by atoms with E-state index in [1.807, 2.05) is 20.8 Å². The van der Waals surface area contributed by atoms with Gasteiger partial charge in [-0.25, -0.2) is 8.78 Å². The molecule has 2 saturated heterocycles. The first-order chi connectivity index (χ1) is 31.1. The molecule has 0 unspecified atom stereocenters. The van der Waals surface area contributed by atoms with Gasteiger partial charge in [0.15, 0.2) is 57.2 Å². The highest BCUT2D eigenvalue weighted by atomic mass is 19.1. The zero-order valence-electron chi connectivity index (χ0n) is 41.3. The van der Waals surface area contributed by atoms with Gasteiger partial charge in [-0.1, -0.05) is 57.4 Å². The van der Waals surface area contributed by atoms with E-state index < -0.39 is 104 Å². The first-order valence-corrected chi connectivity index (χ1v) is 24.8. The van der Waals surface area contributed by atoms with Crippen LogP contribution in [0.2, 0.25) is 0 Å². The van der Waals surface area contributed by atoms with Crippen molar-refractivity contribution in [3.8, 4) is 0 Å². The number of carbonyl (C=O) groups excluding carboxylic acids is 4. The molecule has 10 aliphatic rings. The third-order valence-corrected chi connectivity index (χ3v) is 18.7. The molecule has 0 bridgehead atoms. The third kappa shape index (κ3) is 6.61. The van der Waals surface area contributed by atoms with Crippen LogP contribution < -0.4 is 0 Å². The molecule has 2 heterocycles. The van der Waals surface area contributed by atoms with Crippen molar-refractivity contribution in [1.82, 2.24) is 0 Å². The number of alkyl halides is 2. The molecule has 372 valence electrons. The minimum absolute atomic E-state index is 0.0109. The lowest BCUT2D eigenvalue weighted by Crippen LogP contribution is -2.70. The van der Waals surface area contributed by atoms with Crippen LogP contribution in [-0.2, 0) is 42.9 Å². The van der Waals surface area contributed by atoms with Gasteiger partial charge in [0.2, 0.25) is 0 Å². The number of aliphatic hydroxyl groups is 3. The van der Waals surface area contributed by atoms with Crippen molar-refractivity contribution in [2.24, 2.45) is 45.3 Å². The predicted molar refractivity (Wildman–Crippen MR) is 243 cm³/mol. The molecule has 0 aromatic rings. The second-order valence-corrected chi connectivity index (χ2v) is 23.0.